The summed E-state index contributed by atoms with van der Waals surface area (Å²) in [7, 11) is 1.97. The molecule has 0 saturated carbocycles. The van der Waals surface area contributed by atoms with E-state index in [9.17, 15) is 0 Å². The molecule has 0 radical (unpaired) electrons. The van der Waals surface area contributed by atoms with Crippen molar-refractivity contribution in [2.24, 2.45) is 7.05 Å². The molecule has 5 nitrogen and oxygen atoms in total. The number of fused-ring (bicyclic) bond motifs is 1. The van der Waals surface area contributed by atoms with Crippen molar-refractivity contribution in [2.45, 2.75) is 31.9 Å². The Kier molecular flexibility index (Phi) is 3.22. The van der Waals surface area contributed by atoms with Gasteiger partial charge in [-0.15, -0.1) is 10.2 Å². The summed E-state index contributed by atoms with van der Waals surface area (Å²) < 4.78 is 7.97. The quantitative estimate of drug-likeness (QED) is 0.923. The number of hydrogen-bond donors (Lipinski definition) is 1. The molecular weight excluding hydrogens is 252 g/mol. The van der Waals surface area contributed by atoms with Crippen molar-refractivity contribution in [3.63, 3.8) is 0 Å². The van der Waals surface area contributed by atoms with Crippen molar-refractivity contribution in [2.75, 3.05) is 6.54 Å². The molecule has 0 bridgehead atoms. The standard InChI is InChI=1S/C15H20N4O/c1-15(2)14(11-6-4-5-7-12(11)20-15)16-9-8-13-18-17-10-19(13)3/h4-7,10,14,16H,8-9H2,1-3H3. The number of nitrogens with zero attached hydrogens (tertiary/aromatic N) is 3. The first-order valence-electron chi connectivity index (χ1n) is 6.92. The molecule has 106 valence electrons. The van der Waals surface area contributed by atoms with Crippen molar-refractivity contribution < 1.29 is 4.74 Å². The monoisotopic (exact) mass is 272 g/mol. The number of hydrogen-bond acceptors (Lipinski definition) is 4. The van der Waals surface area contributed by atoms with Gasteiger partial charge < -0.3 is 14.6 Å². The van der Waals surface area contributed by atoms with Crippen LogP contribution in [-0.4, -0.2) is 26.9 Å². The molecule has 1 aliphatic heterocycles. The Bertz CT molecular complexity index is 605. The van der Waals surface area contributed by atoms with Crippen LogP contribution in [0, 0.1) is 0 Å². The summed E-state index contributed by atoms with van der Waals surface area (Å²) in [5.74, 6) is 1.97. The predicted molar refractivity (Wildman–Crippen MR) is 76.6 cm³/mol. The lowest BCUT2D eigenvalue weighted by molar-refractivity contribution is 0.0967. The molecule has 2 aromatic rings. The first-order valence-corrected chi connectivity index (χ1v) is 6.92. The van der Waals surface area contributed by atoms with E-state index < -0.39 is 0 Å². The van der Waals surface area contributed by atoms with Crippen molar-refractivity contribution >= 4 is 0 Å². The first kappa shape index (κ1) is 13.1. The van der Waals surface area contributed by atoms with Gasteiger partial charge in [-0.25, -0.2) is 0 Å². The molecule has 1 N–H and O–H groups in total. The Morgan fingerprint density at radius 1 is 1.35 bits per heavy atom. The van der Waals surface area contributed by atoms with Gasteiger partial charge in [0, 0.05) is 25.6 Å². The molecule has 0 spiro atoms. The largest absolute Gasteiger partial charge is 0.486 e. The zero-order valence-corrected chi connectivity index (χ0v) is 12.1. The van der Waals surface area contributed by atoms with Crippen molar-refractivity contribution in [3.8, 4) is 5.75 Å². The van der Waals surface area contributed by atoms with Crippen molar-refractivity contribution in [1.29, 1.82) is 0 Å². The fraction of sp³-hybridized carbons (Fsp3) is 0.467. The second-order valence-electron chi connectivity index (χ2n) is 5.74. The average molecular weight is 272 g/mol. The molecule has 20 heavy (non-hydrogen) atoms. The highest BCUT2D eigenvalue weighted by Gasteiger charge is 2.40. The number of para-hydroxylation sites is 1. The van der Waals surface area contributed by atoms with Crippen LogP contribution in [0.4, 0.5) is 0 Å². The van der Waals surface area contributed by atoms with E-state index >= 15 is 0 Å². The van der Waals surface area contributed by atoms with Gasteiger partial charge >= 0.3 is 0 Å². The maximum Gasteiger partial charge on any atom is 0.133 e. The van der Waals surface area contributed by atoms with E-state index in [1.807, 2.05) is 23.7 Å². The molecule has 0 amide bonds. The van der Waals surface area contributed by atoms with Crippen LogP contribution in [-0.2, 0) is 13.5 Å². The molecule has 1 unspecified atom stereocenters. The van der Waals surface area contributed by atoms with Gasteiger partial charge in [0.2, 0.25) is 0 Å². The van der Waals surface area contributed by atoms with Crippen LogP contribution in [0.5, 0.6) is 5.75 Å². The second-order valence-corrected chi connectivity index (χ2v) is 5.74. The third-order valence-electron chi connectivity index (χ3n) is 3.80. The highest BCUT2D eigenvalue weighted by molar-refractivity contribution is 5.42. The minimum Gasteiger partial charge on any atom is -0.486 e. The molecule has 1 aromatic carbocycles. The van der Waals surface area contributed by atoms with E-state index in [4.69, 9.17) is 4.74 Å². The van der Waals surface area contributed by atoms with Crippen LogP contribution in [0.1, 0.15) is 31.3 Å². The molecule has 0 fully saturated rings. The third-order valence-corrected chi connectivity index (χ3v) is 3.80. The third kappa shape index (κ3) is 2.29. The maximum absolute atomic E-state index is 6.02. The average Bonchev–Trinajstić information content (AvgIpc) is 2.91. The van der Waals surface area contributed by atoms with E-state index in [0.717, 1.165) is 24.5 Å². The Morgan fingerprint density at radius 2 is 2.15 bits per heavy atom. The highest BCUT2D eigenvalue weighted by Crippen LogP contribution is 2.42. The number of nitrogens with one attached hydrogen (secondary N) is 1. The Morgan fingerprint density at radius 3 is 2.90 bits per heavy atom. The molecule has 0 saturated heterocycles. The van der Waals surface area contributed by atoms with Gasteiger partial charge in [0.15, 0.2) is 0 Å². The van der Waals surface area contributed by atoms with Crippen LogP contribution in [0.15, 0.2) is 30.6 Å². The molecule has 2 heterocycles. The molecule has 5 heteroatoms. The molecule has 0 aliphatic carbocycles. The minimum absolute atomic E-state index is 0.201. The summed E-state index contributed by atoms with van der Waals surface area (Å²) in [6.07, 6.45) is 2.58. The van der Waals surface area contributed by atoms with Crippen LogP contribution in [0.3, 0.4) is 0 Å². The van der Waals surface area contributed by atoms with Crippen LogP contribution in [0.2, 0.25) is 0 Å². The minimum atomic E-state index is -0.233. The van der Waals surface area contributed by atoms with Crippen molar-refractivity contribution in [1.82, 2.24) is 20.1 Å². The number of aromatic nitrogens is 3. The van der Waals surface area contributed by atoms with Crippen molar-refractivity contribution in [3.05, 3.63) is 42.0 Å². The second kappa shape index (κ2) is 4.90. The van der Waals surface area contributed by atoms with Crippen LogP contribution in [0.25, 0.3) is 0 Å². The van der Waals surface area contributed by atoms with Gasteiger partial charge in [-0.1, -0.05) is 18.2 Å². The van der Waals surface area contributed by atoms with Gasteiger partial charge in [0.05, 0.1) is 6.04 Å². The zero-order chi connectivity index (χ0) is 14.2. The Balaban J connectivity index is 1.69. The highest BCUT2D eigenvalue weighted by atomic mass is 16.5. The number of ether oxygens (including phenoxy) is 1. The van der Waals surface area contributed by atoms with Gasteiger partial charge in [-0.2, -0.15) is 0 Å². The van der Waals surface area contributed by atoms with Gasteiger partial charge in [-0.3, -0.25) is 0 Å². The predicted octanol–water partition coefficient (Wildman–Crippen LogP) is 1.86. The van der Waals surface area contributed by atoms with E-state index in [2.05, 4.69) is 41.5 Å². The first-order chi connectivity index (χ1) is 9.58. The molecular formula is C15H20N4O. The Hall–Kier alpha value is -1.88. The van der Waals surface area contributed by atoms with Crippen LogP contribution < -0.4 is 10.1 Å². The van der Waals surface area contributed by atoms with Gasteiger partial charge in [0.25, 0.3) is 0 Å². The summed E-state index contributed by atoms with van der Waals surface area (Å²) in [6, 6.07) is 8.43. The summed E-state index contributed by atoms with van der Waals surface area (Å²) in [6.45, 7) is 5.08. The normalized spacial score (nSPS) is 19.6. The zero-order valence-electron chi connectivity index (χ0n) is 12.1. The van der Waals surface area contributed by atoms with E-state index in [-0.39, 0.29) is 11.6 Å². The van der Waals surface area contributed by atoms with E-state index in [1.54, 1.807) is 6.33 Å². The number of aryl methyl sites for hydroxylation is 1. The maximum atomic E-state index is 6.02. The van der Waals surface area contributed by atoms with Crippen LogP contribution >= 0.6 is 0 Å². The van der Waals surface area contributed by atoms with Gasteiger partial charge in [0.1, 0.15) is 23.5 Å². The molecule has 1 aromatic heterocycles. The molecule has 3 rings (SSSR count). The number of rotatable bonds is 4. The lowest BCUT2D eigenvalue weighted by atomic mass is 9.94. The summed E-state index contributed by atoms with van der Waals surface area (Å²) >= 11 is 0. The lowest BCUT2D eigenvalue weighted by Gasteiger charge is -2.27. The molecule has 1 atom stereocenters. The summed E-state index contributed by atoms with van der Waals surface area (Å²) in [4.78, 5) is 0. The smallest absolute Gasteiger partial charge is 0.133 e. The van der Waals surface area contributed by atoms with E-state index in [1.165, 1.54) is 5.56 Å². The SMILES string of the molecule is Cn1cnnc1CCNC1c2ccccc2OC1(C)C. The summed E-state index contributed by atoms with van der Waals surface area (Å²) in [5.41, 5.74) is 0.999. The van der Waals surface area contributed by atoms with E-state index in [0.29, 0.717) is 0 Å². The molecule has 1 aliphatic rings. The fourth-order valence-electron chi connectivity index (χ4n) is 2.75. The Labute approximate surface area is 119 Å². The number of benzene rings is 1. The van der Waals surface area contributed by atoms with Gasteiger partial charge in [-0.05, 0) is 19.9 Å². The topological polar surface area (TPSA) is 52.0 Å². The fourth-order valence-corrected chi connectivity index (χ4v) is 2.75. The lowest BCUT2D eigenvalue weighted by Crippen LogP contribution is -2.40. The summed E-state index contributed by atoms with van der Waals surface area (Å²) in [5, 5.41) is 11.6.